The number of rotatable bonds is 6. The molecule has 0 spiro atoms. The van der Waals surface area contributed by atoms with Crippen molar-refractivity contribution in [3.05, 3.63) is 119 Å². The SMILES string of the molecule is CC(C)(C)C(=O)c1ccc(C(=O)C(C)(C)C)c2ccccc12.CC(C)(C)C(=O)c1ccc(C(=O)C(C)(C)C)o1.CC(C)(C)C(=O)c1ccc2cc(C(=O)C(C)(C)C)ccc2c1. The Morgan fingerprint density at radius 3 is 0.869 bits per heavy atom. The summed E-state index contributed by atoms with van der Waals surface area (Å²) in [6, 6.07) is 25.8. The van der Waals surface area contributed by atoms with Crippen LogP contribution in [0, 0.1) is 32.5 Å². The summed E-state index contributed by atoms with van der Waals surface area (Å²) in [5.41, 5.74) is 0.133. The molecule has 0 fully saturated rings. The minimum absolute atomic E-state index is 0.0922. The molecule has 1 heterocycles. The first-order valence-electron chi connectivity index (χ1n) is 21.0. The van der Waals surface area contributed by atoms with E-state index < -0.39 is 32.5 Å². The van der Waals surface area contributed by atoms with Crippen LogP contribution < -0.4 is 0 Å². The zero-order chi connectivity index (χ0) is 46.8. The molecule has 0 amide bonds. The fraction of sp³-hybridized carbons (Fsp3) is 0.444. The van der Waals surface area contributed by atoms with Crippen LogP contribution in [0.25, 0.3) is 21.5 Å². The first kappa shape index (κ1) is 50.1. The van der Waals surface area contributed by atoms with E-state index in [0.717, 1.165) is 32.7 Å². The van der Waals surface area contributed by atoms with Gasteiger partial charge in [0.05, 0.1) is 0 Å². The lowest BCUT2D eigenvalue weighted by atomic mass is 9.81. The Morgan fingerprint density at radius 2 is 0.607 bits per heavy atom. The number of fused-ring (bicyclic) bond motifs is 2. The molecule has 0 radical (unpaired) electrons. The molecule has 0 atom stereocenters. The number of furan rings is 1. The monoisotopic (exact) mass is 828 g/mol. The summed E-state index contributed by atoms with van der Waals surface area (Å²) in [6.45, 7) is 34.0. The Bertz CT molecular complexity index is 2290. The van der Waals surface area contributed by atoms with E-state index in [-0.39, 0.29) is 46.2 Å². The van der Waals surface area contributed by atoms with Gasteiger partial charge in [-0.15, -0.1) is 0 Å². The van der Waals surface area contributed by atoms with Crippen LogP contribution in [0.15, 0.2) is 89.3 Å². The van der Waals surface area contributed by atoms with Gasteiger partial charge in [0.15, 0.2) is 34.7 Å². The van der Waals surface area contributed by atoms with Crippen molar-refractivity contribution in [2.24, 2.45) is 32.5 Å². The molecule has 5 aromatic rings. The van der Waals surface area contributed by atoms with Gasteiger partial charge in [-0.05, 0) is 45.8 Å². The van der Waals surface area contributed by atoms with Gasteiger partial charge in [-0.3, -0.25) is 28.8 Å². The van der Waals surface area contributed by atoms with E-state index in [1.807, 2.05) is 185 Å². The zero-order valence-corrected chi connectivity index (χ0v) is 39.9. The maximum Gasteiger partial charge on any atom is 0.203 e. The number of Topliss-reactive ketones (excluding diaryl/α,β-unsaturated/α-hetero) is 6. The highest BCUT2D eigenvalue weighted by Crippen LogP contribution is 2.33. The molecular formula is C54H68O7. The molecule has 0 N–H and O–H groups in total. The lowest BCUT2D eigenvalue weighted by Crippen LogP contribution is -2.22. The van der Waals surface area contributed by atoms with Crippen LogP contribution in [0.3, 0.4) is 0 Å². The number of carbonyl (C=O) groups is 6. The average Bonchev–Trinajstić information content (AvgIpc) is 3.63. The van der Waals surface area contributed by atoms with Gasteiger partial charge < -0.3 is 4.42 Å². The molecule has 326 valence electrons. The van der Waals surface area contributed by atoms with Crippen LogP contribution >= 0.6 is 0 Å². The van der Waals surface area contributed by atoms with Crippen LogP contribution in [0.2, 0.25) is 0 Å². The molecule has 7 heteroatoms. The molecule has 5 rings (SSSR count). The van der Waals surface area contributed by atoms with Crippen LogP contribution in [0.5, 0.6) is 0 Å². The highest BCUT2D eigenvalue weighted by molar-refractivity contribution is 6.17. The quantitative estimate of drug-likeness (QED) is 0.156. The van der Waals surface area contributed by atoms with Gasteiger partial charge in [0, 0.05) is 54.7 Å². The predicted molar refractivity (Wildman–Crippen MR) is 249 cm³/mol. The fourth-order valence-corrected chi connectivity index (χ4v) is 6.22. The fourth-order valence-electron chi connectivity index (χ4n) is 6.22. The summed E-state index contributed by atoms with van der Waals surface area (Å²) >= 11 is 0. The van der Waals surface area contributed by atoms with Crippen molar-refractivity contribution in [3.63, 3.8) is 0 Å². The molecule has 0 aliphatic rings. The molecular weight excluding hydrogens is 761 g/mol. The Balaban J connectivity index is 0.000000247. The molecule has 0 unspecified atom stereocenters. The van der Waals surface area contributed by atoms with Crippen molar-refractivity contribution in [1.29, 1.82) is 0 Å². The topological polar surface area (TPSA) is 116 Å². The van der Waals surface area contributed by atoms with Gasteiger partial charge in [-0.2, -0.15) is 0 Å². The van der Waals surface area contributed by atoms with E-state index >= 15 is 0 Å². The summed E-state index contributed by atoms with van der Waals surface area (Å²) in [6.07, 6.45) is 0. The molecule has 4 aromatic carbocycles. The van der Waals surface area contributed by atoms with E-state index in [1.165, 1.54) is 0 Å². The molecule has 61 heavy (non-hydrogen) atoms. The maximum atomic E-state index is 12.7. The van der Waals surface area contributed by atoms with E-state index in [0.29, 0.717) is 11.1 Å². The van der Waals surface area contributed by atoms with Crippen molar-refractivity contribution in [3.8, 4) is 0 Å². The third-order valence-corrected chi connectivity index (χ3v) is 9.92. The van der Waals surface area contributed by atoms with Crippen LogP contribution in [0.1, 0.15) is 187 Å². The second-order valence-corrected chi connectivity index (χ2v) is 22.1. The second kappa shape index (κ2) is 18.0. The second-order valence-electron chi connectivity index (χ2n) is 22.1. The van der Waals surface area contributed by atoms with E-state index in [2.05, 4.69) is 0 Å². The third-order valence-electron chi connectivity index (χ3n) is 9.92. The average molecular weight is 829 g/mol. The lowest BCUT2D eigenvalue weighted by Gasteiger charge is -2.21. The minimum Gasteiger partial charge on any atom is -0.450 e. The summed E-state index contributed by atoms with van der Waals surface area (Å²) in [7, 11) is 0. The summed E-state index contributed by atoms with van der Waals surface area (Å²) in [5.74, 6) is 0.775. The lowest BCUT2D eigenvalue weighted by molar-refractivity contribution is 0.0795. The molecule has 0 saturated heterocycles. The normalized spacial score (nSPS) is 12.5. The molecule has 0 aliphatic heterocycles. The van der Waals surface area contributed by atoms with Crippen molar-refractivity contribution in [2.75, 3.05) is 0 Å². The highest BCUT2D eigenvalue weighted by atomic mass is 16.4. The van der Waals surface area contributed by atoms with Crippen molar-refractivity contribution >= 4 is 56.2 Å². The summed E-state index contributed by atoms with van der Waals surface area (Å²) in [5, 5.41) is 3.69. The van der Waals surface area contributed by atoms with E-state index in [9.17, 15) is 28.8 Å². The van der Waals surface area contributed by atoms with Gasteiger partial charge in [0.25, 0.3) is 0 Å². The predicted octanol–water partition coefficient (Wildman–Crippen LogP) is 14.3. The van der Waals surface area contributed by atoms with Crippen LogP contribution in [0.4, 0.5) is 0 Å². The minimum atomic E-state index is -0.500. The Morgan fingerprint density at radius 1 is 0.328 bits per heavy atom. The standard InChI is InChI=1S/2C20H24O2.C14H20O3/c1-19(2,3)17(21)15-9-7-14-12-16(10-8-13(14)11-15)18(22)20(4,5)6;1-19(2,3)17(21)15-11-12-16(18(22)20(4,5)6)14-10-8-7-9-13(14)15;1-13(2,3)11(15)9-7-8-10(17-9)12(16)14(4,5)6/h2*7-12H,1-6H3;7-8H,1-6H3. The molecule has 0 saturated carbocycles. The molecule has 0 aliphatic carbocycles. The third kappa shape index (κ3) is 12.6. The van der Waals surface area contributed by atoms with Crippen LogP contribution in [-0.4, -0.2) is 34.7 Å². The number of carbonyl (C=O) groups excluding carboxylic acids is 6. The molecule has 7 nitrogen and oxygen atoms in total. The Labute approximate surface area is 364 Å². The number of hydrogen-bond donors (Lipinski definition) is 0. The first-order chi connectivity index (χ1) is 27.6. The van der Waals surface area contributed by atoms with E-state index in [4.69, 9.17) is 4.42 Å². The smallest absolute Gasteiger partial charge is 0.203 e. The largest absolute Gasteiger partial charge is 0.450 e. The maximum absolute atomic E-state index is 12.7. The number of benzene rings is 4. The summed E-state index contributed by atoms with van der Waals surface area (Å²) < 4.78 is 5.36. The Hall–Kier alpha value is -5.30. The van der Waals surface area contributed by atoms with Gasteiger partial charge in [-0.25, -0.2) is 0 Å². The highest BCUT2D eigenvalue weighted by Gasteiger charge is 2.31. The number of ketones is 6. The van der Waals surface area contributed by atoms with Crippen molar-refractivity contribution < 1.29 is 33.2 Å². The molecule has 1 aromatic heterocycles. The Kier molecular flexibility index (Phi) is 14.7. The number of hydrogen-bond acceptors (Lipinski definition) is 7. The summed E-state index contributed by atoms with van der Waals surface area (Å²) in [4.78, 5) is 74.0. The van der Waals surface area contributed by atoms with Crippen LogP contribution in [-0.2, 0) is 0 Å². The van der Waals surface area contributed by atoms with Gasteiger partial charge >= 0.3 is 0 Å². The van der Waals surface area contributed by atoms with Crippen molar-refractivity contribution in [1.82, 2.24) is 0 Å². The van der Waals surface area contributed by atoms with Crippen molar-refractivity contribution in [2.45, 2.75) is 125 Å². The van der Waals surface area contributed by atoms with Gasteiger partial charge in [0.1, 0.15) is 0 Å². The molecule has 0 bridgehead atoms. The first-order valence-corrected chi connectivity index (χ1v) is 21.0. The zero-order valence-electron chi connectivity index (χ0n) is 39.9. The van der Waals surface area contributed by atoms with Gasteiger partial charge in [-0.1, -0.05) is 185 Å². The van der Waals surface area contributed by atoms with Gasteiger partial charge in [0.2, 0.25) is 11.6 Å². The van der Waals surface area contributed by atoms with E-state index in [1.54, 1.807) is 24.3 Å².